The van der Waals surface area contributed by atoms with Gasteiger partial charge >= 0.3 is 0 Å². The van der Waals surface area contributed by atoms with Gasteiger partial charge in [-0.1, -0.05) is 29.8 Å². The zero-order valence-electron chi connectivity index (χ0n) is 8.66. The van der Waals surface area contributed by atoms with Crippen molar-refractivity contribution in [2.45, 2.75) is 6.92 Å². The lowest BCUT2D eigenvalue weighted by molar-refractivity contribution is 0.875. The van der Waals surface area contributed by atoms with Crippen molar-refractivity contribution < 1.29 is 0 Å². The Morgan fingerprint density at radius 3 is 2.67 bits per heavy atom. The maximum absolute atomic E-state index is 6.00. The predicted octanol–water partition coefficient (Wildman–Crippen LogP) is 2.88. The third-order valence-corrected chi connectivity index (χ3v) is 2.55. The summed E-state index contributed by atoms with van der Waals surface area (Å²) >= 11 is 6.00. The second kappa shape index (κ2) is 3.95. The lowest BCUT2D eigenvalue weighted by Gasteiger charge is -2.04. The van der Waals surface area contributed by atoms with Crippen LogP contribution in [-0.2, 0) is 0 Å². The highest BCUT2D eigenvalue weighted by Gasteiger charge is 2.07. The first-order chi connectivity index (χ1) is 7.22. The molecule has 4 heteroatoms. The van der Waals surface area contributed by atoms with Crippen LogP contribution < -0.4 is 5.32 Å². The summed E-state index contributed by atoms with van der Waals surface area (Å²) in [6.07, 6.45) is 1.80. The van der Waals surface area contributed by atoms with Crippen LogP contribution in [0.1, 0.15) is 5.56 Å². The molecule has 0 unspecified atom stereocenters. The van der Waals surface area contributed by atoms with E-state index >= 15 is 0 Å². The fourth-order valence-electron chi connectivity index (χ4n) is 1.47. The lowest BCUT2D eigenvalue weighted by Crippen LogP contribution is -1.98. The van der Waals surface area contributed by atoms with E-state index in [0.29, 0.717) is 10.8 Å². The maximum atomic E-state index is 6.00. The van der Waals surface area contributed by atoms with E-state index in [1.54, 1.807) is 17.9 Å². The molecule has 0 bridgehead atoms. The Morgan fingerprint density at radius 1 is 1.33 bits per heavy atom. The number of aromatic nitrogens is 2. The molecule has 0 radical (unpaired) electrons. The first-order valence-corrected chi connectivity index (χ1v) is 5.09. The molecule has 3 nitrogen and oxygen atoms in total. The van der Waals surface area contributed by atoms with E-state index in [4.69, 9.17) is 11.6 Å². The van der Waals surface area contributed by atoms with Crippen LogP contribution in [0.25, 0.3) is 5.69 Å². The van der Waals surface area contributed by atoms with Crippen molar-refractivity contribution in [1.29, 1.82) is 0 Å². The van der Waals surface area contributed by atoms with Crippen LogP contribution in [0.15, 0.2) is 30.5 Å². The van der Waals surface area contributed by atoms with Crippen LogP contribution in [0, 0.1) is 6.92 Å². The van der Waals surface area contributed by atoms with E-state index in [-0.39, 0.29) is 0 Å². The van der Waals surface area contributed by atoms with Gasteiger partial charge in [-0.3, -0.25) is 0 Å². The Morgan fingerprint density at radius 2 is 2.07 bits per heavy atom. The van der Waals surface area contributed by atoms with Crippen molar-refractivity contribution in [3.05, 3.63) is 41.0 Å². The second-order valence-electron chi connectivity index (χ2n) is 3.31. The topological polar surface area (TPSA) is 29.9 Å². The quantitative estimate of drug-likeness (QED) is 0.845. The van der Waals surface area contributed by atoms with Gasteiger partial charge < -0.3 is 5.32 Å². The molecule has 0 amide bonds. The number of rotatable bonds is 2. The maximum Gasteiger partial charge on any atom is 0.167 e. The Balaban J connectivity index is 2.50. The summed E-state index contributed by atoms with van der Waals surface area (Å²) in [5.74, 6) is 0.694. The minimum atomic E-state index is 0.626. The Labute approximate surface area is 93.7 Å². The molecule has 0 aliphatic heterocycles. The van der Waals surface area contributed by atoms with E-state index < -0.39 is 0 Å². The van der Waals surface area contributed by atoms with Crippen molar-refractivity contribution >= 4 is 17.4 Å². The van der Waals surface area contributed by atoms with Crippen LogP contribution in [0.4, 0.5) is 5.82 Å². The highest BCUT2D eigenvalue weighted by Crippen LogP contribution is 2.22. The Kier molecular flexibility index (Phi) is 2.64. The van der Waals surface area contributed by atoms with Gasteiger partial charge in [0, 0.05) is 7.05 Å². The molecule has 78 valence electrons. The first-order valence-electron chi connectivity index (χ1n) is 4.71. The molecule has 0 saturated heterocycles. The zero-order chi connectivity index (χ0) is 10.8. The van der Waals surface area contributed by atoms with Gasteiger partial charge in [-0.25, -0.2) is 4.68 Å². The number of halogens is 1. The predicted molar refractivity (Wildman–Crippen MR) is 62.9 cm³/mol. The van der Waals surface area contributed by atoms with E-state index in [2.05, 4.69) is 10.4 Å². The first kappa shape index (κ1) is 10.1. The van der Waals surface area contributed by atoms with Gasteiger partial charge in [-0.2, -0.15) is 0 Å². The SMILES string of the molecule is CNc1nn(-c2ccccc2C)cc1Cl. The van der Waals surface area contributed by atoms with Gasteiger partial charge in [-0.05, 0) is 18.6 Å². The third kappa shape index (κ3) is 1.83. The van der Waals surface area contributed by atoms with Crippen LogP contribution >= 0.6 is 11.6 Å². The average Bonchev–Trinajstić information content (AvgIpc) is 2.60. The van der Waals surface area contributed by atoms with E-state index in [9.17, 15) is 0 Å². The fourth-order valence-corrected chi connectivity index (χ4v) is 1.69. The standard InChI is InChI=1S/C11H12ClN3/c1-8-5-3-4-6-10(8)15-7-9(12)11(13-2)14-15/h3-7H,1-2H3,(H,13,14). The van der Waals surface area contributed by atoms with Crippen LogP contribution in [0.3, 0.4) is 0 Å². The highest BCUT2D eigenvalue weighted by atomic mass is 35.5. The molecule has 1 aromatic heterocycles. The van der Waals surface area contributed by atoms with Gasteiger partial charge in [-0.15, -0.1) is 5.10 Å². The smallest absolute Gasteiger partial charge is 0.167 e. The van der Waals surface area contributed by atoms with Crippen molar-refractivity contribution in [2.24, 2.45) is 0 Å². The molecule has 1 heterocycles. The van der Waals surface area contributed by atoms with E-state index in [1.165, 1.54) is 5.56 Å². The average molecular weight is 222 g/mol. The number of hydrogen-bond donors (Lipinski definition) is 1. The molecule has 2 rings (SSSR count). The van der Waals surface area contributed by atoms with Crippen molar-refractivity contribution in [3.63, 3.8) is 0 Å². The van der Waals surface area contributed by atoms with Crippen molar-refractivity contribution in [3.8, 4) is 5.69 Å². The van der Waals surface area contributed by atoms with Gasteiger partial charge in [0.25, 0.3) is 0 Å². The number of anilines is 1. The molecule has 1 N–H and O–H groups in total. The molecular formula is C11H12ClN3. The summed E-state index contributed by atoms with van der Waals surface area (Å²) in [6, 6.07) is 8.04. The minimum absolute atomic E-state index is 0.626. The normalized spacial score (nSPS) is 10.3. The molecule has 0 spiro atoms. The van der Waals surface area contributed by atoms with Gasteiger partial charge in [0.15, 0.2) is 5.82 Å². The number of aryl methyl sites for hydroxylation is 1. The minimum Gasteiger partial charge on any atom is -0.370 e. The summed E-state index contributed by atoms with van der Waals surface area (Å²) < 4.78 is 1.78. The Hall–Kier alpha value is -1.48. The number of nitrogens with one attached hydrogen (secondary N) is 1. The van der Waals surface area contributed by atoms with Gasteiger partial charge in [0.2, 0.25) is 0 Å². The number of hydrogen-bond acceptors (Lipinski definition) is 2. The van der Waals surface area contributed by atoms with Crippen LogP contribution in [0.5, 0.6) is 0 Å². The van der Waals surface area contributed by atoms with E-state index in [0.717, 1.165) is 5.69 Å². The summed E-state index contributed by atoms with van der Waals surface area (Å²) in [5.41, 5.74) is 2.21. The number of para-hydroxylation sites is 1. The van der Waals surface area contributed by atoms with Gasteiger partial charge in [0.05, 0.1) is 11.9 Å². The molecule has 0 aliphatic carbocycles. The molecule has 0 fully saturated rings. The summed E-state index contributed by atoms with van der Waals surface area (Å²) in [5, 5.41) is 7.90. The third-order valence-electron chi connectivity index (χ3n) is 2.27. The fraction of sp³-hybridized carbons (Fsp3) is 0.182. The summed E-state index contributed by atoms with van der Waals surface area (Å²) in [6.45, 7) is 2.05. The monoisotopic (exact) mass is 221 g/mol. The zero-order valence-corrected chi connectivity index (χ0v) is 9.42. The molecule has 0 aliphatic rings. The Bertz CT molecular complexity index is 476. The molecule has 15 heavy (non-hydrogen) atoms. The van der Waals surface area contributed by atoms with Crippen LogP contribution in [0.2, 0.25) is 5.02 Å². The molecule has 2 aromatic rings. The van der Waals surface area contributed by atoms with Crippen LogP contribution in [-0.4, -0.2) is 16.8 Å². The van der Waals surface area contributed by atoms with Crippen molar-refractivity contribution in [1.82, 2.24) is 9.78 Å². The summed E-state index contributed by atoms with van der Waals surface area (Å²) in [4.78, 5) is 0. The number of nitrogens with zero attached hydrogens (tertiary/aromatic N) is 2. The number of benzene rings is 1. The second-order valence-corrected chi connectivity index (χ2v) is 3.71. The highest BCUT2D eigenvalue weighted by molar-refractivity contribution is 6.32. The molecule has 0 saturated carbocycles. The van der Waals surface area contributed by atoms with E-state index in [1.807, 2.05) is 31.2 Å². The molecular weight excluding hydrogens is 210 g/mol. The van der Waals surface area contributed by atoms with Crippen molar-refractivity contribution in [2.75, 3.05) is 12.4 Å². The lowest BCUT2D eigenvalue weighted by atomic mass is 10.2. The molecule has 0 atom stereocenters. The summed E-state index contributed by atoms with van der Waals surface area (Å²) in [7, 11) is 1.80. The largest absolute Gasteiger partial charge is 0.370 e. The van der Waals surface area contributed by atoms with Gasteiger partial charge in [0.1, 0.15) is 5.02 Å². The molecule has 1 aromatic carbocycles.